The molecule has 0 bridgehead atoms. The van der Waals surface area contributed by atoms with Gasteiger partial charge in [0.2, 0.25) is 0 Å². The molecule has 1 aliphatic carbocycles. The fraction of sp³-hybridized carbons (Fsp3) is 0.583. The first kappa shape index (κ1) is 13.4. The van der Waals surface area contributed by atoms with Crippen molar-refractivity contribution >= 4 is 17.8 Å². The number of carbonyl (C=O) groups excluding carboxylic acids is 1. The monoisotopic (exact) mass is 266 g/mol. The Morgan fingerprint density at radius 2 is 2.32 bits per heavy atom. The maximum absolute atomic E-state index is 11.6. The molecule has 104 valence electrons. The standard InChI is InChI=1S/C12H18N4O3/c1-8(9-2-3-9)16-10(4-7-14-16)15-12(19)13-6-5-11(17)18/h4,7-9H,2-3,5-6H2,1H3,(H,17,18)(H2,13,15,19). The van der Waals surface area contributed by atoms with E-state index in [2.05, 4.69) is 22.7 Å². The molecule has 1 atom stereocenters. The molecule has 1 aromatic heterocycles. The van der Waals surface area contributed by atoms with Gasteiger partial charge in [0.25, 0.3) is 0 Å². The summed E-state index contributed by atoms with van der Waals surface area (Å²) in [6, 6.07) is 1.59. The molecule has 0 aliphatic heterocycles. The molecule has 3 N–H and O–H groups in total. The second-order valence-corrected chi connectivity index (χ2v) is 4.76. The molecule has 0 radical (unpaired) electrons. The highest BCUT2D eigenvalue weighted by Gasteiger charge is 2.30. The molecule has 2 amide bonds. The maximum Gasteiger partial charge on any atom is 0.320 e. The van der Waals surface area contributed by atoms with Crippen LogP contribution in [0, 0.1) is 5.92 Å². The maximum atomic E-state index is 11.6. The lowest BCUT2D eigenvalue weighted by molar-refractivity contribution is -0.136. The highest BCUT2D eigenvalue weighted by molar-refractivity contribution is 5.88. The molecule has 1 fully saturated rings. The Kier molecular flexibility index (Phi) is 4.03. The fourth-order valence-corrected chi connectivity index (χ4v) is 1.96. The van der Waals surface area contributed by atoms with E-state index in [9.17, 15) is 9.59 Å². The lowest BCUT2D eigenvalue weighted by Crippen LogP contribution is -2.31. The number of carboxylic acids is 1. The van der Waals surface area contributed by atoms with Crippen LogP contribution in [-0.4, -0.2) is 33.4 Å². The predicted octanol–water partition coefficient (Wildman–Crippen LogP) is 1.45. The van der Waals surface area contributed by atoms with Gasteiger partial charge in [0.15, 0.2) is 0 Å². The van der Waals surface area contributed by atoms with Crippen LogP contribution in [0.2, 0.25) is 0 Å². The topological polar surface area (TPSA) is 96.3 Å². The van der Waals surface area contributed by atoms with Gasteiger partial charge in [-0.3, -0.25) is 10.1 Å². The zero-order valence-corrected chi connectivity index (χ0v) is 10.8. The van der Waals surface area contributed by atoms with E-state index >= 15 is 0 Å². The third-order valence-electron chi connectivity index (χ3n) is 3.23. The van der Waals surface area contributed by atoms with Gasteiger partial charge in [-0.05, 0) is 25.7 Å². The van der Waals surface area contributed by atoms with E-state index in [0.717, 1.165) is 0 Å². The summed E-state index contributed by atoms with van der Waals surface area (Å²) < 4.78 is 1.80. The van der Waals surface area contributed by atoms with Gasteiger partial charge in [0.1, 0.15) is 5.82 Å². The summed E-state index contributed by atoms with van der Waals surface area (Å²) in [5, 5.41) is 17.9. The third-order valence-corrected chi connectivity index (χ3v) is 3.23. The molecule has 1 aliphatic rings. The molecule has 7 nitrogen and oxygen atoms in total. The van der Waals surface area contributed by atoms with E-state index in [4.69, 9.17) is 5.11 Å². The molecule has 2 rings (SSSR count). The van der Waals surface area contributed by atoms with Crippen LogP contribution < -0.4 is 10.6 Å². The molecular weight excluding hydrogens is 248 g/mol. The van der Waals surface area contributed by atoms with Gasteiger partial charge in [0, 0.05) is 12.6 Å². The summed E-state index contributed by atoms with van der Waals surface area (Å²) >= 11 is 0. The van der Waals surface area contributed by atoms with E-state index < -0.39 is 12.0 Å². The zero-order chi connectivity index (χ0) is 13.8. The average molecular weight is 266 g/mol. The normalized spacial score (nSPS) is 15.8. The van der Waals surface area contributed by atoms with Gasteiger partial charge in [-0.25, -0.2) is 9.48 Å². The number of nitrogens with one attached hydrogen (secondary N) is 2. The van der Waals surface area contributed by atoms with Gasteiger partial charge < -0.3 is 10.4 Å². The van der Waals surface area contributed by atoms with E-state index in [1.54, 1.807) is 16.9 Å². The van der Waals surface area contributed by atoms with Gasteiger partial charge in [-0.15, -0.1) is 0 Å². The number of urea groups is 1. The molecular formula is C12H18N4O3. The molecule has 7 heteroatoms. The van der Waals surface area contributed by atoms with Crippen LogP contribution in [-0.2, 0) is 4.79 Å². The Morgan fingerprint density at radius 3 is 2.95 bits per heavy atom. The Balaban J connectivity index is 1.86. The largest absolute Gasteiger partial charge is 0.481 e. The number of carboxylic acid groups (broad SMARTS) is 1. The summed E-state index contributed by atoms with van der Waals surface area (Å²) in [4.78, 5) is 21.9. The fourth-order valence-electron chi connectivity index (χ4n) is 1.96. The molecule has 0 saturated heterocycles. The van der Waals surface area contributed by atoms with Crippen molar-refractivity contribution in [2.24, 2.45) is 5.92 Å². The van der Waals surface area contributed by atoms with Crippen molar-refractivity contribution in [1.29, 1.82) is 0 Å². The third kappa shape index (κ3) is 3.70. The first-order valence-corrected chi connectivity index (χ1v) is 6.38. The summed E-state index contributed by atoms with van der Waals surface area (Å²) in [6.07, 6.45) is 3.95. The Labute approximate surface area is 111 Å². The van der Waals surface area contributed by atoms with Crippen LogP contribution in [0.1, 0.15) is 32.2 Å². The summed E-state index contributed by atoms with van der Waals surface area (Å²) in [6.45, 7) is 2.19. The van der Waals surface area contributed by atoms with Crippen LogP contribution in [0.4, 0.5) is 10.6 Å². The minimum atomic E-state index is -0.937. The number of nitrogens with zero attached hydrogens (tertiary/aromatic N) is 2. The van der Waals surface area contributed by atoms with Crippen molar-refractivity contribution < 1.29 is 14.7 Å². The number of aliphatic carboxylic acids is 1. The van der Waals surface area contributed by atoms with Gasteiger partial charge in [-0.1, -0.05) is 0 Å². The van der Waals surface area contributed by atoms with E-state index in [1.165, 1.54) is 12.8 Å². The molecule has 1 saturated carbocycles. The average Bonchev–Trinajstić information content (AvgIpc) is 3.09. The second-order valence-electron chi connectivity index (χ2n) is 4.76. The van der Waals surface area contributed by atoms with Crippen molar-refractivity contribution in [3.05, 3.63) is 12.3 Å². The number of carbonyl (C=O) groups is 2. The molecule has 1 heterocycles. The number of rotatable bonds is 6. The minimum absolute atomic E-state index is 0.0921. The minimum Gasteiger partial charge on any atom is -0.481 e. The van der Waals surface area contributed by atoms with Crippen LogP contribution in [0.15, 0.2) is 12.3 Å². The first-order valence-electron chi connectivity index (χ1n) is 6.38. The number of hydrogen-bond donors (Lipinski definition) is 3. The quantitative estimate of drug-likeness (QED) is 0.726. The molecule has 0 aromatic carbocycles. The van der Waals surface area contributed by atoms with Crippen molar-refractivity contribution in [3.8, 4) is 0 Å². The number of aromatic nitrogens is 2. The molecule has 0 spiro atoms. The van der Waals surface area contributed by atoms with Gasteiger partial charge in [-0.2, -0.15) is 5.10 Å². The van der Waals surface area contributed by atoms with Gasteiger partial charge in [0.05, 0.1) is 18.7 Å². The molecule has 19 heavy (non-hydrogen) atoms. The van der Waals surface area contributed by atoms with Crippen LogP contribution >= 0.6 is 0 Å². The summed E-state index contributed by atoms with van der Waals surface area (Å²) in [7, 11) is 0. The number of amides is 2. The predicted molar refractivity (Wildman–Crippen MR) is 68.9 cm³/mol. The molecule has 1 aromatic rings. The van der Waals surface area contributed by atoms with Crippen molar-refractivity contribution in [3.63, 3.8) is 0 Å². The van der Waals surface area contributed by atoms with E-state index in [1.807, 2.05) is 0 Å². The second kappa shape index (κ2) is 5.73. The number of hydrogen-bond acceptors (Lipinski definition) is 3. The summed E-state index contributed by atoms with van der Waals surface area (Å²) in [5.41, 5.74) is 0. The lowest BCUT2D eigenvalue weighted by Gasteiger charge is -2.15. The zero-order valence-electron chi connectivity index (χ0n) is 10.8. The van der Waals surface area contributed by atoms with Crippen LogP contribution in [0.5, 0.6) is 0 Å². The number of anilines is 1. The Morgan fingerprint density at radius 1 is 1.58 bits per heavy atom. The van der Waals surface area contributed by atoms with Crippen molar-refractivity contribution in [2.45, 2.75) is 32.2 Å². The first-order chi connectivity index (χ1) is 9.08. The SMILES string of the molecule is CC(C1CC1)n1nccc1NC(=O)NCCC(=O)O. The highest BCUT2D eigenvalue weighted by Crippen LogP contribution is 2.40. The summed E-state index contributed by atoms with van der Waals surface area (Å²) in [5.74, 6) is 0.329. The van der Waals surface area contributed by atoms with E-state index in [0.29, 0.717) is 11.7 Å². The Hall–Kier alpha value is -2.05. The van der Waals surface area contributed by atoms with Crippen molar-refractivity contribution in [1.82, 2.24) is 15.1 Å². The van der Waals surface area contributed by atoms with Gasteiger partial charge >= 0.3 is 12.0 Å². The highest BCUT2D eigenvalue weighted by atomic mass is 16.4. The van der Waals surface area contributed by atoms with E-state index in [-0.39, 0.29) is 19.0 Å². The van der Waals surface area contributed by atoms with Crippen LogP contribution in [0.3, 0.4) is 0 Å². The lowest BCUT2D eigenvalue weighted by atomic mass is 10.2. The Bertz CT molecular complexity index is 467. The van der Waals surface area contributed by atoms with Crippen LogP contribution in [0.25, 0.3) is 0 Å². The smallest absolute Gasteiger partial charge is 0.320 e. The van der Waals surface area contributed by atoms with Crippen molar-refractivity contribution in [2.75, 3.05) is 11.9 Å². The molecule has 1 unspecified atom stereocenters.